The number of carbonyl (C=O) groups is 1. The molecule has 1 amide bonds. The molecule has 0 unspecified atom stereocenters. The molecule has 3 nitrogen and oxygen atoms in total. The molecule has 3 heteroatoms. The van der Waals surface area contributed by atoms with E-state index in [1.165, 1.54) is 12.8 Å². The average Bonchev–Trinajstić information content (AvgIpc) is 2.32. The van der Waals surface area contributed by atoms with E-state index in [2.05, 4.69) is 24.5 Å². The molecule has 0 saturated heterocycles. The molecule has 2 N–H and O–H groups in total. The van der Waals surface area contributed by atoms with E-state index in [9.17, 15) is 4.79 Å². The van der Waals surface area contributed by atoms with Crippen molar-refractivity contribution in [2.45, 2.75) is 32.7 Å². The molecule has 1 fully saturated rings. The minimum atomic E-state index is -0.0349. The Morgan fingerprint density at radius 1 is 1.33 bits per heavy atom. The van der Waals surface area contributed by atoms with Crippen molar-refractivity contribution in [3.05, 3.63) is 29.8 Å². The highest BCUT2D eigenvalue weighted by Crippen LogP contribution is 2.35. The van der Waals surface area contributed by atoms with Gasteiger partial charge in [-0.1, -0.05) is 19.9 Å². The first kappa shape index (κ1) is 12.9. The molecule has 1 aromatic rings. The fourth-order valence-electron chi connectivity index (χ4n) is 2.45. The van der Waals surface area contributed by atoms with Gasteiger partial charge in [0.15, 0.2) is 0 Å². The number of benzene rings is 1. The second-order valence-electron chi connectivity index (χ2n) is 5.48. The zero-order chi connectivity index (χ0) is 13.1. The molecule has 0 heterocycles. The van der Waals surface area contributed by atoms with Gasteiger partial charge >= 0.3 is 0 Å². The number of nitrogens with one attached hydrogen (secondary N) is 2. The monoisotopic (exact) mass is 246 g/mol. The quantitative estimate of drug-likeness (QED) is 0.857. The van der Waals surface area contributed by atoms with Crippen LogP contribution in [0.5, 0.6) is 0 Å². The summed E-state index contributed by atoms with van der Waals surface area (Å²) in [5.74, 6) is 1.59. The van der Waals surface area contributed by atoms with Gasteiger partial charge < -0.3 is 10.6 Å². The lowest BCUT2D eigenvalue weighted by Crippen LogP contribution is -2.37. The van der Waals surface area contributed by atoms with E-state index >= 15 is 0 Å². The van der Waals surface area contributed by atoms with Crippen LogP contribution in [0.1, 0.15) is 37.0 Å². The van der Waals surface area contributed by atoms with Crippen molar-refractivity contribution < 1.29 is 4.79 Å². The van der Waals surface area contributed by atoms with Gasteiger partial charge in [0.25, 0.3) is 5.91 Å². The van der Waals surface area contributed by atoms with Crippen LogP contribution < -0.4 is 10.6 Å². The van der Waals surface area contributed by atoms with Gasteiger partial charge in [-0.15, -0.1) is 0 Å². The molecular weight excluding hydrogens is 224 g/mol. The third-order valence-corrected chi connectivity index (χ3v) is 3.84. The Bertz CT molecular complexity index is 422. The van der Waals surface area contributed by atoms with E-state index in [4.69, 9.17) is 0 Å². The summed E-state index contributed by atoms with van der Waals surface area (Å²) >= 11 is 0. The molecule has 0 spiro atoms. The lowest BCUT2D eigenvalue weighted by molar-refractivity contribution is 0.0963. The summed E-state index contributed by atoms with van der Waals surface area (Å²) < 4.78 is 0. The van der Waals surface area contributed by atoms with Gasteiger partial charge in [0, 0.05) is 24.3 Å². The highest BCUT2D eigenvalue weighted by atomic mass is 16.1. The zero-order valence-electron chi connectivity index (χ0n) is 11.4. The van der Waals surface area contributed by atoms with Crippen LogP contribution in [0.3, 0.4) is 0 Å². The van der Waals surface area contributed by atoms with Crippen molar-refractivity contribution in [1.82, 2.24) is 5.32 Å². The molecule has 0 aliphatic heterocycles. The number of hydrogen-bond acceptors (Lipinski definition) is 2. The topological polar surface area (TPSA) is 41.1 Å². The van der Waals surface area contributed by atoms with Gasteiger partial charge in [-0.2, -0.15) is 0 Å². The van der Waals surface area contributed by atoms with Gasteiger partial charge in [-0.25, -0.2) is 0 Å². The Morgan fingerprint density at radius 2 is 2.06 bits per heavy atom. The van der Waals surface area contributed by atoms with Gasteiger partial charge in [0.2, 0.25) is 0 Å². The molecule has 1 saturated carbocycles. The first-order chi connectivity index (χ1) is 8.60. The first-order valence-corrected chi connectivity index (χ1v) is 6.69. The van der Waals surface area contributed by atoms with Crippen molar-refractivity contribution in [2.75, 3.05) is 12.4 Å². The molecule has 0 bridgehead atoms. The first-order valence-electron chi connectivity index (χ1n) is 6.69. The van der Waals surface area contributed by atoms with E-state index < -0.39 is 0 Å². The Labute approximate surface area is 109 Å². The van der Waals surface area contributed by atoms with Crippen molar-refractivity contribution >= 4 is 11.6 Å². The summed E-state index contributed by atoms with van der Waals surface area (Å²) in [6.45, 7) is 4.57. The van der Waals surface area contributed by atoms with Crippen LogP contribution >= 0.6 is 0 Å². The van der Waals surface area contributed by atoms with Crippen molar-refractivity contribution in [2.24, 2.45) is 11.8 Å². The summed E-state index contributed by atoms with van der Waals surface area (Å²) in [5.41, 5.74) is 1.76. The second kappa shape index (κ2) is 5.42. The number of anilines is 1. The van der Waals surface area contributed by atoms with E-state index in [1.807, 2.05) is 24.3 Å². The standard InChI is InChI=1S/C15H22N2O/c1-10(2)12-8-14(9-12)17-13-6-4-5-11(7-13)15(18)16-3/h4-7,10,12,14,17H,8-9H2,1-3H3,(H,16,18). The number of carbonyl (C=O) groups excluding carboxylic acids is 1. The smallest absolute Gasteiger partial charge is 0.251 e. The van der Waals surface area contributed by atoms with Gasteiger partial charge in [-0.05, 0) is 42.9 Å². The number of rotatable bonds is 4. The number of hydrogen-bond donors (Lipinski definition) is 2. The summed E-state index contributed by atoms with van der Waals surface area (Å²) in [7, 11) is 1.65. The highest BCUT2D eigenvalue weighted by molar-refractivity contribution is 5.94. The van der Waals surface area contributed by atoms with Crippen molar-refractivity contribution in [1.29, 1.82) is 0 Å². The highest BCUT2D eigenvalue weighted by Gasteiger charge is 2.30. The third-order valence-electron chi connectivity index (χ3n) is 3.84. The van der Waals surface area contributed by atoms with E-state index in [0.29, 0.717) is 11.6 Å². The lowest BCUT2D eigenvalue weighted by atomic mass is 9.73. The van der Waals surface area contributed by atoms with Crippen LogP contribution in [0.25, 0.3) is 0 Å². The maximum atomic E-state index is 11.5. The third kappa shape index (κ3) is 2.84. The Kier molecular flexibility index (Phi) is 3.90. The lowest BCUT2D eigenvalue weighted by Gasteiger charge is -2.39. The van der Waals surface area contributed by atoms with Crippen LogP contribution in [-0.2, 0) is 0 Å². The number of amides is 1. The predicted molar refractivity (Wildman–Crippen MR) is 74.8 cm³/mol. The largest absolute Gasteiger partial charge is 0.382 e. The van der Waals surface area contributed by atoms with Crippen LogP contribution in [0.4, 0.5) is 5.69 Å². The minimum absolute atomic E-state index is 0.0349. The van der Waals surface area contributed by atoms with Crippen LogP contribution in [0.15, 0.2) is 24.3 Å². The molecule has 0 radical (unpaired) electrons. The van der Waals surface area contributed by atoms with Crippen LogP contribution in [0, 0.1) is 11.8 Å². The van der Waals surface area contributed by atoms with Gasteiger partial charge in [-0.3, -0.25) is 4.79 Å². The molecule has 1 aromatic carbocycles. The molecular formula is C15H22N2O. The molecule has 1 aliphatic carbocycles. The fourth-order valence-corrected chi connectivity index (χ4v) is 2.45. The summed E-state index contributed by atoms with van der Waals surface area (Å²) in [6, 6.07) is 8.27. The van der Waals surface area contributed by atoms with Gasteiger partial charge in [0.1, 0.15) is 0 Å². The van der Waals surface area contributed by atoms with Crippen molar-refractivity contribution in [3.8, 4) is 0 Å². The molecule has 1 aliphatic rings. The Balaban J connectivity index is 1.93. The zero-order valence-corrected chi connectivity index (χ0v) is 11.4. The Hall–Kier alpha value is -1.51. The van der Waals surface area contributed by atoms with Crippen LogP contribution in [0.2, 0.25) is 0 Å². The van der Waals surface area contributed by atoms with Crippen LogP contribution in [-0.4, -0.2) is 19.0 Å². The summed E-state index contributed by atoms with van der Waals surface area (Å²) in [4.78, 5) is 11.5. The molecule has 98 valence electrons. The fraction of sp³-hybridized carbons (Fsp3) is 0.533. The SMILES string of the molecule is CNC(=O)c1cccc(NC2CC(C(C)C)C2)c1. The minimum Gasteiger partial charge on any atom is -0.382 e. The normalized spacial score (nSPS) is 22.4. The second-order valence-corrected chi connectivity index (χ2v) is 5.48. The summed E-state index contributed by atoms with van der Waals surface area (Å²) in [6.07, 6.45) is 2.48. The van der Waals surface area contributed by atoms with Crippen molar-refractivity contribution in [3.63, 3.8) is 0 Å². The molecule has 2 rings (SSSR count). The molecule has 18 heavy (non-hydrogen) atoms. The summed E-state index contributed by atoms with van der Waals surface area (Å²) in [5, 5.41) is 6.15. The van der Waals surface area contributed by atoms with E-state index in [-0.39, 0.29) is 5.91 Å². The predicted octanol–water partition coefficient (Wildman–Crippen LogP) is 2.89. The maximum Gasteiger partial charge on any atom is 0.251 e. The van der Waals surface area contributed by atoms with Gasteiger partial charge in [0.05, 0.1) is 0 Å². The average molecular weight is 246 g/mol. The maximum absolute atomic E-state index is 11.5. The van der Waals surface area contributed by atoms with E-state index in [1.54, 1.807) is 7.05 Å². The molecule has 0 atom stereocenters. The molecule has 0 aromatic heterocycles. The van der Waals surface area contributed by atoms with E-state index in [0.717, 1.165) is 17.5 Å². The Morgan fingerprint density at radius 3 is 2.67 bits per heavy atom.